The molecule has 2 N–H and O–H groups in total. The van der Waals surface area contributed by atoms with Crippen LogP contribution in [0, 0.1) is 0 Å². The molecule has 0 unspecified atom stereocenters. The number of amides is 2. The molecule has 7 heteroatoms. The Morgan fingerprint density at radius 2 is 2.33 bits per heavy atom. The highest BCUT2D eigenvalue weighted by atomic mass is 16.5. The number of carbonyl (C=O) groups excluding carboxylic acids is 2. The van der Waals surface area contributed by atoms with E-state index < -0.39 is 11.8 Å². The molecule has 1 saturated heterocycles. The molecule has 1 fully saturated rings. The number of aromatic nitrogens is 1. The Balaban J connectivity index is 1.82. The van der Waals surface area contributed by atoms with Crippen molar-refractivity contribution in [2.24, 2.45) is 0 Å². The molecule has 0 atom stereocenters. The van der Waals surface area contributed by atoms with Crippen LogP contribution in [0.25, 0.3) is 0 Å². The minimum atomic E-state index is -0.603. The van der Waals surface area contributed by atoms with E-state index in [-0.39, 0.29) is 6.54 Å². The molecular weight excluding hydrogens is 236 g/mol. The van der Waals surface area contributed by atoms with E-state index in [0.717, 1.165) is 19.5 Å². The lowest BCUT2D eigenvalue weighted by Crippen LogP contribution is -2.44. The predicted octanol–water partition coefficient (Wildman–Crippen LogP) is -0.887. The highest BCUT2D eigenvalue weighted by Crippen LogP contribution is 1.98. The number of nitrogens with zero attached hydrogens (tertiary/aromatic N) is 2. The van der Waals surface area contributed by atoms with Crippen LogP contribution in [0.3, 0.4) is 0 Å². The summed E-state index contributed by atoms with van der Waals surface area (Å²) in [5.41, 5.74) is 0. The Morgan fingerprint density at radius 1 is 1.44 bits per heavy atom. The van der Waals surface area contributed by atoms with Crippen LogP contribution in [-0.2, 0) is 16.1 Å². The topological polar surface area (TPSA) is 87.5 Å². The van der Waals surface area contributed by atoms with Gasteiger partial charge in [-0.1, -0.05) is 5.16 Å². The van der Waals surface area contributed by atoms with Gasteiger partial charge in [0.25, 0.3) is 0 Å². The lowest BCUT2D eigenvalue weighted by molar-refractivity contribution is -0.145. The predicted molar refractivity (Wildman–Crippen MR) is 62.4 cm³/mol. The van der Waals surface area contributed by atoms with Gasteiger partial charge in [0.15, 0.2) is 5.76 Å². The van der Waals surface area contributed by atoms with Crippen LogP contribution < -0.4 is 10.6 Å². The molecule has 0 aliphatic carbocycles. The third kappa shape index (κ3) is 3.30. The summed E-state index contributed by atoms with van der Waals surface area (Å²) in [5.74, 6) is -0.569. The van der Waals surface area contributed by atoms with Gasteiger partial charge in [-0.25, -0.2) is 0 Å². The Kier molecular flexibility index (Phi) is 4.30. The van der Waals surface area contributed by atoms with E-state index in [9.17, 15) is 9.59 Å². The van der Waals surface area contributed by atoms with Crippen LogP contribution in [0.5, 0.6) is 0 Å². The van der Waals surface area contributed by atoms with E-state index in [4.69, 9.17) is 4.52 Å². The average molecular weight is 252 g/mol. The second kappa shape index (κ2) is 6.15. The highest BCUT2D eigenvalue weighted by Gasteiger charge is 2.22. The smallest absolute Gasteiger partial charge is 0.311 e. The fraction of sp³-hybridized carbons (Fsp3) is 0.545. The zero-order valence-electron chi connectivity index (χ0n) is 10.0. The molecule has 1 aliphatic heterocycles. The molecular formula is C11H16N4O3. The molecule has 0 radical (unpaired) electrons. The maximum atomic E-state index is 11.9. The quantitative estimate of drug-likeness (QED) is 0.667. The summed E-state index contributed by atoms with van der Waals surface area (Å²) in [6.45, 7) is 2.96. The lowest BCUT2D eigenvalue weighted by atomic mass is 10.3. The second-order valence-corrected chi connectivity index (χ2v) is 4.06. The van der Waals surface area contributed by atoms with Crippen molar-refractivity contribution in [2.75, 3.05) is 26.2 Å². The fourth-order valence-electron chi connectivity index (χ4n) is 1.77. The van der Waals surface area contributed by atoms with Crippen LogP contribution in [0.1, 0.15) is 12.2 Å². The molecule has 2 heterocycles. The zero-order chi connectivity index (χ0) is 12.8. The van der Waals surface area contributed by atoms with Crippen molar-refractivity contribution in [3.05, 3.63) is 18.0 Å². The SMILES string of the molecule is O=C(NCc1ccno1)C(=O)N1CCCNCC1. The third-order valence-corrected chi connectivity index (χ3v) is 2.74. The molecule has 18 heavy (non-hydrogen) atoms. The minimum Gasteiger partial charge on any atom is -0.360 e. The van der Waals surface area contributed by atoms with Crippen molar-refractivity contribution in [2.45, 2.75) is 13.0 Å². The van der Waals surface area contributed by atoms with Crippen LogP contribution in [0.4, 0.5) is 0 Å². The van der Waals surface area contributed by atoms with Crippen molar-refractivity contribution in [1.29, 1.82) is 0 Å². The number of hydrogen-bond donors (Lipinski definition) is 2. The fourth-order valence-corrected chi connectivity index (χ4v) is 1.77. The van der Waals surface area contributed by atoms with Gasteiger partial charge in [-0.05, 0) is 13.0 Å². The second-order valence-electron chi connectivity index (χ2n) is 4.06. The van der Waals surface area contributed by atoms with E-state index in [1.165, 1.54) is 6.20 Å². The lowest BCUT2D eigenvalue weighted by Gasteiger charge is -2.18. The van der Waals surface area contributed by atoms with Gasteiger partial charge in [0.1, 0.15) is 0 Å². The maximum absolute atomic E-state index is 11.9. The van der Waals surface area contributed by atoms with E-state index in [2.05, 4.69) is 15.8 Å². The Labute approximate surface area is 104 Å². The number of carbonyl (C=O) groups is 2. The summed E-state index contributed by atoms with van der Waals surface area (Å²) in [6.07, 6.45) is 2.35. The van der Waals surface area contributed by atoms with E-state index in [1.807, 2.05) is 0 Å². The van der Waals surface area contributed by atoms with Crippen molar-refractivity contribution in [3.8, 4) is 0 Å². The third-order valence-electron chi connectivity index (χ3n) is 2.74. The van der Waals surface area contributed by atoms with E-state index >= 15 is 0 Å². The molecule has 2 amide bonds. The minimum absolute atomic E-state index is 0.177. The van der Waals surface area contributed by atoms with Gasteiger partial charge in [-0.2, -0.15) is 0 Å². The molecule has 0 aromatic carbocycles. The number of rotatable bonds is 2. The Bertz CT molecular complexity index is 396. The van der Waals surface area contributed by atoms with Crippen molar-refractivity contribution < 1.29 is 14.1 Å². The monoisotopic (exact) mass is 252 g/mol. The zero-order valence-corrected chi connectivity index (χ0v) is 10.0. The summed E-state index contributed by atoms with van der Waals surface area (Å²) < 4.78 is 4.83. The first-order chi connectivity index (χ1) is 8.77. The Morgan fingerprint density at radius 3 is 3.11 bits per heavy atom. The van der Waals surface area contributed by atoms with Crippen LogP contribution in [0.15, 0.2) is 16.8 Å². The number of nitrogens with one attached hydrogen (secondary N) is 2. The first kappa shape index (κ1) is 12.6. The van der Waals surface area contributed by atoms with Gasteiger partial charge in [-0.15, -0.1) is 0 Å². The average Bonchev–Trinajstić information content (AvgIpc) is 2.75. The van der Waals surface area contributed by atoms with Crippen LogP contribution in [0.2, 0.25) is 0 Å². The van der Waals surface area contributed by atoms with E-state index in [1.54, 1.807) is 11.0 Å². The van der Waals surface area contributed by atoms with Crippen LogP contribution in [-0.4, -0.2) is 48.0 Å². The van der Waals surface area contributed by atoms with Crippen molar-refractivity contribution >= 4 is 11.8 Å². The molecule has 1 aromatic rings. The van der Waals surface area contributed by atoms with Gasteiger partial charge in [0, 0.05) is 25.7 Å². The summed E-state index contributed by atoms with van der Waals surface area (Å²) in [6, 6.07) is 1.64. The normalized spacial score (nSPS) is 16.1. The van der Waals surface area contributed by atoms with E-state index in [0.29, 0.717) is 18.8 Å². The van der Waals surface area contributed by atoms with Gasteiger partial charge in [0.05, 0.1) is 12.7 Å². The van der Waals surface area contributed by atoms with Gasteiger partial charge >= 0.3 is 11.8 Å². The maximum Gasteiger partial charge on any atom is 0.311 e. The van der Waals surface area contributed by atoms with Gasteiger partial charge in [-0.3, -0.25) is 9.59 Å². The number of hydrogen-bond acceptors (Lipinski definition) is 5. The molecule has 0 bridgehead atoms. The first-order valence-corrected chi connectivity index (χ1v) is 5.95. The highest BCUT2D eigenvalue weighted by molar-refractivity contribution is 6.34. The standard InChI is InChI=1S/C11H16N4O3/c16-10(13-8-9-2-4-14-18-9)11(17)15-6-1-3-12-5-7-15/h2,4,12H,1,3,5-8H2,(H,13,16). The van der Waals surface area contributed by atoms with Crippen LogP contribution >= 0.6 is 0 Å². The molecule has 2 rings (SSSR count). The van der Waals surface area contributed by atoms with Crippen molar-refractivity contribution in [1.82, 2.24) is 20.7 Å². The summed E-state index contributed by atoms with van der Waals surface area (Å²) >= 11 is 0. The van der Waals surface area contributed by atoms with Gasteiger partial charge in [0.2, 0.25) is 0 Å². The molecule has 98 valence electrons. The van der Waals surface area contributed by atoms with Gasteiger partial charge < -0.3 is 20.1 Å². The summed E-state index contributed by atoms with van der Waals surface area (Å²) in [5, 5.41) is 9.21. The summed E-state index contributed by atoms with van der Waals surface area (Å²) in [4.78, 5) is 25.1. The largest absolute Gasteiger partial charge is 0.360 e. The molecule has 1 aliphatic rings. The van der Waals surface area contributed by atoms with Crippen molar-refractivity contribution in [3.63, 3.8) is 0 Å². The molecule has 7 nitrogen and oxygen atoms in total. The summed E-state index contributed by atoms with van der Waals surface area (Å²) in [7, 11) is 0. The first-order valence-electron chi connectivity index (χ1n) is 5.95. The molecule has 1 aromatic heterocycles. The molecule has 0 saturated carbocycles. The molecule has 0 spiro atoms. The Hall–Kier alpha value is -1.89.